The van der Waals surface area contributed by atoms with Crippen molar-refractivity contribution in [2.75, 3.05) is 25.5 Å². The summed E-state index contributed by atoms with van der Waals surface area (Å²) in [4.78, 5) is 23.4. The number of hydrogen-bond acceptors (Lipinski definition) is 3. The summed E-state index contributed by atoms with van der Waals surface area (Å²) in [7, 11) is 1.76. The van der Waals surface area contributed by atoms with Crippen LogP contribution in [0.25, 0.3) is 0 Å². The van der Waals surface area contributed by atoms with Crippen molar-refractivity contribution < 1.29 is 9.59 Å². The number of carbonyl (C=O) groups is 2. The van der Waals surface area contributed by atoms with Gasteiger partial charge in [0.05, 0.1) is 12.1 Å². The molecule has 0 saturated carbocycles. The Labute approximate surface area is 113 Å². The molecule has 19 heavy (non-hydrogen) atoms. The van der Waals surface area contributed by atoms with E-state index in [0.29, 0.717) is 12.1 Å². The van der Waals surface area contributed by atoms with E-state index in [9.17, 15) is 9.59 Å². The maximum Gasteiger partial charge on any atom is 0.253 e. The van der Waals surface area contributed by atoms with E-state index >= 15 is 0 Å². The lowest BCUT2D eigenvalue weighted by Gasteiger charge is -2.10. The molecule has 0 atom stereocenters. The average Bonchev–Trinajstić information content (AvgIpc) is 2.42. The largest absolute Gasteiger partial charge is 0.387 e. The van der Waals surface area contributed by atoms with Gasteiger partial charge < -0.3 is 16.0 Å². The van der Waals surface area contributed by atoms with Crippen LogP contribution in [-0.2, 0) is 4.79 Å². The quantitative estimate of drug-likeness (QED) is 0.724. The zero-order chi connectivity index (χ0) is 14.3. The summed E-state index contributed by atoms with van der Waals surface area (Å²) >= 11 is 0. The topological polar surface area (TPSA) is 70.2 Å². The van der Waals surface area contributed by atoms with Gasteiger partial charge in [-0.05, 0) is 25.5 Å². The van der Waals surface area contributed by atoms with Crippen LogP contribution in [0.5, 0.6) is 0 Å². The number of aryl methyl sites for hydroxylation is 1. The molecule has 0 radical (unpaired) electrons. The molecule has 0 aliphatic carbocycles. The lowest BCUT2D eigenvalue weighted by atomic mass is 10.1. The highest BCUT2D eigenvalue weighted by molar-refractivity contribution is 6.01. The van der Waals surface area contributed by atoms with Gasteiger partial charge in [0.25, 0.3) is 5.91 Å². The zero-order valence-corrected chi connectivity index (χ0v) is 11.7. The fourth-order valence-corrected chi connectivity index (χ4v) is 1.65. The Kier molecular flexibility index (Phi) is 5.85. The number of rotatable bonds is 6. The predicted molar refractivity (Wildman–Crippen MR) is 76.4 cm³/mol. The Balaban J connectivity index is 2.63. The van der Waals surface area contributed by atoms with Crippen LogP contribution < -0.4 is 16.0 Å². The average molecular weight is 263 g/mol. The van der Waals surface area contributed by atoms with Crippen LogP contribution in [0.15, 0.2) is 18.2 Å². The van der Waals surface area contributed by atoms with E-state index in [0.717, 1.165) is 17.7 Å². The molecule has 0 spiro atoms. The Morgan fingerprint density at radius 2 is 1.95 bits per heavy atom. The summed E-state index contributed by atoms with van der Waals surface area (Å²) < 4.78 is 0. The van der Waals surface area contributed by atoms with E-state index in [1.165, 1.54) is 0 Å². The maximum atomic E-state index is 12.0. The highest BCUT2D eigenvalue weighted by Gasteiger charge is 2.11. The number of carbonyl (C=O) groups excluding carboxylic acids is 2. The number of hydrogen-bond donors (Lipinski definition) is 3. The first-order chi connectivity index (χ1) is 9.08. The van der Waals surface area contributed by atoms with E-state index in [1.807, 2.05) is 26.0 Å². The third-order valence-electron chi connectivity index (χ3n) is 2.67. The molecule has 0 saturated heterocycles. The van der Waals surface area contributed by atoms with Crippen LogP contribution in [0.2, 0.25) is 0 Å². The van der Waals surface area contributed by atoms with Crippen molar-refractivity contribution in [1.82, 2.24) is 10.6 Å². The van der Waals surface area contributed by atoms with E-state index in [2.05, 4.69) is 16.0 Å². The van der Waals surface area contributed by atoms with Gasteiger partial charge in [0.15, 0.2) is 0 Å². The normalized spacial score (nSPS) is 9.84. The van der Waals surface area contributed by atoms with Gasteiger partial charge in [-0.2, -0.15) is 0 Å². The van der Waals surface area contributed by atoms with Gasteiger partial charge in [-0.25, -0.2) is 0 Å². The second-order valence-electron chi connectivity index (χ2n) is 4.33. The summed E-state index contributed by atoms with van der Waals surface area (Å²) in [5.41, 5.74) is 2.29. The Morgan fingerprint density at radius 3 is 2.58 bits per heavy atom. The molecule has 1 aromatic carbocycles. The minimum atomic E-state index is -0.250. The van der Waals surface area contributed by atoms with Crippen molar-refractivity contribution in [1.29, 1.82) is 0 Å². The Hall–Kier alpha value is -2.04. The Morgan fingerprint density at radius 1 is 1.21 bits per heavy atom. The molecule has 0 bridgehead atoms. The molecule has 2 amide bonds. The fourth-order valence-electron chi connectivity index (χ4n) is 1.65. The van der Waals surface area contributed by atoms with Gasteiger partial charge in [-0.15, -0.1) is 0 Å². The second-order valence-corrected chi connectivity index (χ2v) is 4.33. The minimum Gasteiger partial charge on any atom is -0.387 e. The van der Waals surface area contributed by atoms with Gasteiger partial charge in [0, 0.05) is 19.3 Å². The first kappa shape index (κ1) is 15.0. The lowest BCUT2D eigenvalue weighted by Crippen LogP contribution is -2.37. The molecule has 0 aromatic heterocycles. The molecule has 104 valence electrons. The summed E-state index contributed by atoms with van der Waals surface area (Å²) in [5, 5.41) is 8.29. The third-order valence-corrected chi connectivity index (χ3v) is 2.67. The van der Waals surface area contributed by atoms with Crippen LogP contribution in [0.1, 0.15) is 29.3 Å². The first-order valence-electron chi connectivity index (χ1n) is 6.41. The van der Waals surface area contributed by atoms with Crippen molar-refractivity contribution in [3.8, 4) is 0 Å². The van der Waals surface area contributed by atoms with Gasteiger partial charge in [0.2, 0.25) is 5.91 Å². The van der Waals surface area contributed by atoms with E-state index < -0.39 is 0 Å². The zero-order valence-electron chi connectivity index (χ0n) is 11.7. The number of amides is 2. The highest BCUT2D eigenvalue weighted by atomic mass is 16.2. The fraction of sp³-hybridized carbons (Fsp3) is 0.429. The monoisotopic (exact) mass is 263 g/mol. The second kappa shape index (κ2) is 7.41. The molecular weight excluding hydrogens is 242 g/mol. The molecule has 0 heterocycles. The SMILES string of the molecule is CCCNC(=O)CNC(=O)c1cc(C)ccc1NC. The molecule has 0 aliphatic rings. The van der Waals surface area contributed by atoms with Crippen LogP contribution in [-0.4, -0.2) is 32.0 Å². The van der Waals surface area contributed by atoms with Crippen LogP contribution in [0.4, 0.5) is 5.69 Å². The Bertz CT molecular complexity index is 458. The highest BCUT2D eigenvalue weighted by Crippen LogP contribution is 2.16. The van der Waals surface area contributed by atoms with Crippen molar-refractivity contribution in [2.24, 2.45) is 0 Å². The van der Waals surface area contributed by atoms with E-state index in [1.54, 1.807) is 13.1 Å². The predicted octanol–water partition coefficient (Wildman–Crippen LogP) is 1.29. The molecule has 3 N–H and O–H groups in total. The minimum absolute atomic E-state index is 0.00404. The maximum absolute atomic E-state index is 12.0. The van der Waals surface area contributed by atoms with Crippen molar-refractivity contribution in [3.05, 3.63) is 29.3 Å². The van der Waals surface area contributed by atoms with Crippen molar-refractivity contribution in [2.45, 2.75) is 20.3 Å². The molecule has 5 heteroatoms. The smallest absolute Gasteiger partial charge is 0.253 e. The van der Waals surface area contributed by atoms with E-state index in [4.69, 9.17) is 0 Å². The number of nitrogens with one attached hydrogen (secondary N) is 3. The molecule has 0 unspecified atom stereocenters. The molecule has 0 aliphatic heterocycles. The van der Waals surface area contributed by atoms with Crippen LogP contribution in [0.3, 0.4) is 0 Å². The van der Waals surface area contributed by atoms with Gasteiger partial charge >= 0.3 is 0 Å². The van der Waals surface area contributed by atoms with Crippen molar-refractivity contribution >= 4 is 17.5 Å². The first-order valence-corrected chi connectivity index (χ1v) is 6.41. The van der Waals surface area contributed by atoms with Gasteiger partial charge in [-0.3, -0.25) is 9.59 Å². The molecule has 1 rings (SSSR count). The van der Waals surface area contributed by atoms with Crippen LogP contribution >= 0.6 is 0 Å². The van der Waals surface area contributed by atoms with Crippen molar-refractivity contribution in [3.63, 3.8) is 0 Å². The lowest BCUT2D eigenvalue weighted by molar-refractivity contribution is -0.120. The van der Waals surface area contributed by atoms with Crippen LogP contribution in [0, 0.1) is 6.92 Å². The third kappa shape index (κ3) is 4.62. The summed E-state index contributed by atoms with van der Waals surface area (Å²) in [6.45, 7) is 4.52. The van der Waals surface area contributed by atoms with E-state index in [-0.39, 0.29) is 18.4 Å². The number of anilines is 1. The summed E-state index contributed by atoms with van der Waals surface area (Å²) in [6, 6.07) is 5.57. The molecular formula is C14H21N3O2. The van der Waals surface area contributed by atoms with Gasteiger partial charge in [-0.1, -0.05) is 18.6 Å². The molecule has 0 fully saturated rings. The molecule has 1 aromatic rings. The summed E-state index contributed by atoms with van der Waals surface area (Å²) in [5.74, 6) is -0.423. The molecule has 5 nitrogen and oxygen atoms in total. The number of benzene rings is 1. The van der Waals surface area contributed by atoms with Gasteiger partial charge in [0.1, 0.15) is 0 Å². The summed E-state index contributed by atoms with van der Waals surface area (Å²) in [6.07, 6.45) is 0.876. The standard InChI is InChI=1S/C14H21N3O2/c1-4-7-16-13(18)9-17-14(19)11-8-10(2)5-6-12(11)15-3/h5-6,8,15H,4,7,9H2,1-3H3,(H,16,18)(H,17,19).